The summed E-state index contributed by atoms with van der Waals surface area (Å²) in [4.78, 5) is 32.0. The molecule has 2 aromatic carbocycles. The molecule has 1 amide bonds. The molecule has 1 aliphatic heterocycles. The van der Waals surface area contributed by atoms with Crippen LogP contribution in [0, 0.1) is 0 Å². The maximum atomic E-state index is 13.2. The minimum atomic E-state index is -0.681. The summed E-state index contributed by atoms with van der Waals surface area (Å²) in [5, 5.41) is 11.3. The Hall–Kier alpha value is -4.13. The summed E-state index contributed by atoms with van der Waals surface area (Å²) in [5.74, 6) is -0.514. The zero-order chi connectivity index (χ0) is 25.7. The molecule has 0 aliphatic carbocycles. The topological polar surface area (TPSA) is 84.7 Å². The smallest absolute Gasteiger partial charge is 0.295 e. The lowest BCUT2D eigenvalue weighted by Crippen LogP contribution is -2.31. The van der Waals surface area contributed by atoms with Gasteiger partial charge in [0.25, 0.3) is 11.7 Å². The van der Waals surface area contributed by atoms with E-state index < -0.39 is 17.7 Å². The number of amides is 1. The molecule has 1 unspecified atom stereocenters. The van der Waals surface area contributed by atoms with Crippen molar-refractivity contribution in [3.63, 3.8) is 0 Å². The maximum absolute atomic E-state index is 13.2. The second-order valence-electron chi connectivity index (χ2n) is 9.09. The highest BCUT2D eigenvalue weighted by molar-refractivity contribution is 6.46. The summed E-state index contributed by atoms with van der Waals surface area (Å²) < 4.78 is 7.44. The number of hydrogen-bond acceptors (Lipinski definition) is 5. The lowest BCUT2D eigenvalue weighted by molar-refractivity contribution is -0.139. The zero-order valence-corrected chi connectivity index (χ0v) is 20.6. The van der Waals surface area contributed by atoms with Crippen LogP contribution >= 0.6 is 0 Å². The number of aliphatic hydroxyl groups is 1. The summed E-state index contributed by atoms with van der Waals surface area (Å²) in [5.41, 5.74) is 2.49. The molecule has 0 spiro atoms. The van der Waals surface area contributed by atoms with Gasteiger partial charge < -0.3 is 19.3 Å². The van der Waals surface area contributed by atoms with Gasteiger partial charge in [-0.05, 0) is 47.7 Å². The minimum Gasteiger partial charge on any atom is -0.507 e. The minimum absolute atomic E-state index is 0.0969. The van der Waals surface area contributed by atoms with Gasteiger partial charge in [0.1, 0.15) is 18.1 Å². The zero-order valence-electron chi connectivity index (χ0n) is 20.6. The predicted molar refractivity (Wildman–Crippen MR) is 139 cm³/mol. The molecular formula is C29H31N3O4. The highest BCUT2D eigenvalue weighted by Gasteiger charge is 2.45. The van der Waals surface area contributed by atoms with Crippen LogP contribution in [0.2, 0.25) is 0 Å². The van der Waals surface area contributed by atoms with E-state index in [2.05, 4.69) is 25.4 Å². The number of likely N-dealkylation sites (tertiary alicyclic amines) is 1. The molecule has 3 aromatic rings. The fourth-order valence-electron chi connectivity index (χ4n) is 4.38. The van der Waals surface area contributed by atoms with Crippen molar-refractivity contribution >= 4 is 17.4 Å². The van der Waals surface area contributed by atoms with Gasteiger partial charge in [-0.2, -0.15) is 0 Å². The van der Waals surface area contributed by atoms with Crippen molar-refractivity contribution in [1.29, 1.82) is 0 Å². The molecule has 1 aromatic heterocycles. The van der Waals surface area contributed by atoms with Gasteiger partial charge in [-0.25, -0.2) is 4.98 Å². The van der Waals surface area contributed by atoms with E-state index in [1.165, 1.54) is 0 Å². The molecule has 0 radical (unpaired) electrons. The van der Waals surface area contributed by atoms with Gasteiger partial charge in [-0.3, -0.25) is 9.59 Å². The third-order valence-electron chi connectivity index (χ3n) is 6.33. The molecule has 2 heterocycles. The number of imidazole rings is 1. The summed E-state index contributed by atoms with van der Waals surface area (Å²) in [6.45, 7) is 9.24. The van der Waals surface area contributed by atoms with Crippen LogP contribution in [0.15, 0.2) is 85.5 Å². The highest BCUT2D eigenvalue weighted by atomic mass is 16.5. The van der Waals surface area contributed by atoms with Gasteiger partial charge in [0.15, 0.2) is 0 Å². The van der Waals surface area contributed by atoms with Crippen LogP contribution in [-0.2, 0) is 16.1 Å². The maximum Gasteiger partial charge on any atom is 0.295 e. The van der Waals surface area contributed by atoms with Gasteiger partial charge in [0.2, 0.25) is 0 Å². The Kier molecular flexibility index (Phi) is 7.68. The van der Waals surface area contributed by atoms with Crippen LogP contribution in [0.5, 0.6) is 5.75 Å². The van der Waals surface area contributed by atoms with Crippen molar-refractivity contribution in [3.8, 4) is 5.75 Å². The van der Waals surface area contributed by atoms with E-state index in [9.17, 15) is 14.7 Å². The second kappa shape index (κ2) is 11.1. The van der Waals surface area contributed by atoms with Crippen LogP contribution < -0.4 is 4.74 Å². The molecule has 1 aliphatic rings. The molecule has 1 fully saturated rings. The number of Topliss-reactive ketones (excluding diaryl/α,β-unsaturated/α-hetero) is 1. The van der Waals surface area contributed by atoms with Crippen LogP contribution in [0.3, 0.4) is 0 Å². The SMILES string of the molecule is C=CCOc1ccc(C(O)=C2C(=O)C(=O)N(CCCn3ccnc3)C2c2ccc(C(C)C)cc2)cc1. The van der Waals surface area contributed by atoms with Gasteiger partial charge in [-0.15, -0.1) is 0 Å². The highest BCUT2D eigenvalue weighted by Crippen LogP contribution is 2.40. The number of aromatic nitrogens is 2. The second-order valence-corrected chi connectivity index (χ2v) is 9.09. The summed E-state index contributed by atoms with van der Waals surface area (Å²) >= 11 is 0. The Morgan fingerprint density at radius 2 is 1.83 bits per heavy atom. The molecule has 0 bridgehead atoms. The fraction of sp³-hybridized carbons (Fsp3) is 0.276. The van der Waals surface area contributed by atoms with Gasteiger partial charge in [0, 0.05) is 31.0 Å². The third kappa shape index (κ3) is 5.25. The fourth-order valence-corrected chi connectivity index (χ4v) is 4.38. The molecule has 4 rings (SSSR count). The molecule has 1 N–H and O–H groups in total. The number of ketones is 1. The average molecular weight is 486 g/mol. The normalized spacial score (nSPS) is 17.1. The van der Waals surface area contributed by atoms with Crippen molar-refractivity contribution in [1.82, 2.24) is 14.5 Å². The van der Waals surface area contributed by atoms with Gasteiger partial charge >= 0.3 is 0 Å². The molecule has 1 atom stereocenters. The number of carbonyl (C=O) groups excluding carboxylic acids is 2. The molecule has 186 valence electrons. The van der Waals surface area contributed by atoms with Crippen LogP contribution in [0.4, 0.5) is 0 Å². The molecule has 7 heteroatoms. The van der Waals surface area contributed by atoms with Crippen molar-refractivity contribution in [3.05, 3.63) is 102 Å². The lowest BCUT2D eigenvalue weighted by atomic mass is 9.93. The first-order valence-corrected chi connectivity index (χ1v) is 12.1. The molecule has 36 heavy (non-hydrogen) atoms. The van der Waals surface area contributed by atoms with Crippen molar-refractivity contribution in [2.45, 2.75) is 38.8 Å². The predicted octanol–water partition coefficient (Wildman–Crippen LogP) is 5.08. The Labute approximate surface area is 211 Å². The van der Waals surface area contributed by atoms with E-state index in [0.717, 1.165) is 11.1 Å². The average Bonchev–Trinajstić information content (AvgIpc) is 3.50. The standard InChI is InChI=1S/C29H31N3O4/c1-4-18-36-24-12-10-23(11-13-24)27(33)25-26(22-8-6-21(7-9-22)20(2)3)32(29(35)28(25)34)16-5-15-31-17-14-30-19-31/h4,6-14,17,19-20,26,33H,1,5,15-16,18H2,2-3H3. The van der Waals surface area contributed by atoms with E-state index in [1.807, 2.05) is 35.0 Å². The number of ether oxygens (including phenoxy) is 1. The summed E-state index contributed by atoms with van der Waals surface area (Å²) in [7, 11) is 0. The Morgan fingerprint density at radius 1 is 1.11 bits per heavy atom. The molecule has 7 nitrogen and oxygen atoms in total. The number of benzene rings is 2. The van der Waals surface area contributed by atoms with Gasteiger partial charge in [-0.1, -0.05) is 50.8 Å². The Bertz CT molecular complexity index is 1240. The quantitative estimate of drug-likeness (QED) is 0.187. The van der Waals surface area contributed by atoms with Crippen molar-refractivity contribution in [2.24, 2.45) is 0 Å². The number of aryl methyl sites for hydroxylation is 1. The van der Waals surface area contributed by atoms with Crippen LogP contribution in [0.25, 0.3) is 5.76 Å². The van der Waals surface area contributed by atoms with E-state index in [0.29, 0.717) is 43.3 Å². The van der Waals surface area contributed by atoms with E-state index >= 15 is 0 Å². The van der Waals surface area contributed by atoms with Crippen molar-refractivity contribution in [2.75, 3.05) is 13.2 Å². The van der Waals surface area contributed by atoms with E-state index in [-0.39, 0.29) is 11.3 Å². The van der Waals surface area contributed by atoms with Gasteiger partial charge in [0.05, 0.1) is 17.9 Å². The first-order chi connectivity index (χ1) is 17.4. The summed E-state index contributed by atoms with van der Waals surface area (Å²) in [6, 6.07) is 14.0. The number of rotatable bonds is 10. The Balaban J connectivity index is 1.70. The van der Waals surface area contributed by atoms with Crippen LogP contribution in [0.1, 0.15) is 48.9 Å². The molecule has 0 saturated carbocycles. The van der Waals surface area contributed by atoms with Crippen LogP contribution in [-0.4, -0.2) is 44.4 Å². The number of hydrogen-bond donors (Lipinski definition) is 1. The number of nitrogens with zero attached hydrogens (tertiary/aromatic N) is 3. The monoisotopic (exact) mass is 485 g/mol. The first kappa shape index (κ1) is 25.0. The summed E-state index contributed by atoms with van der Waals surface area (Å²) in [6.07, 6.45) is 7.57. The van der Waals surface area contributed by atoms with E-state index in [4.69, 9.17) is 4.74 Å². The number of carbonyl (C=O) groups is 2. The Morgan fingerprint density at radius 3 is 2.44 bits per heavy atom. The van der Waals surface area contributed by atoms with E-state index in [1.54, 1.807) is 47.8 Å². The third-order valence-corrected chi connectivity index (χ3v) is 6.33. The van der Waals surface area contributed by atoms with Crippen molar-refractivity contribution < 1.29 is 19.4 Å². The lowest BCUT2D eigenvalue weighted by Gasteiger charge is -2.26. The largest absolute Gasteiger partial charge is 0.507 e. The first-order valence-electron chi connectivity index (χ1n) is 12.1. The number of aliphatic hydroxyl groups excluding tert-OH is 1. The molecule has 1 saturated heterocycles. The molecular weight excluding hydrogens is 454 g/mol.